The van der Waals surface area contributed by atoms with Gasteiger partial charge >= 0.3 is 5.97 Å². The molecule has 0 bridgehead atoms. The van der Waals surface area contributed by atoms with Crippen molar-refractivity contribution in [3.05, 3.63) is 23.8 Å². The monoisotopic (exact) mass is 239 g/mol. The van der Waals surface area contributed by atoms with Gasteiger partial charge in [0, 0.05) is 6.07 Å². The molecule has 6 heteroatoms. The molecule has 3 N–H and O–H groups in total. The smallest absolute Gasteiger partial charge is 0.325 e. The van der Waals surface area contributed by atoms with Gasteiger partial charge in [-0.3, -0.25) is 9.59 Å². The van der Waals surface area contributed by atoms with Crippen molar-refractivity contribution in [2.24, 2.45) is 0 Å². The summed E-state index contributed by atoms with van der Waals surface area (Å²) in [6, 6.07) is 3.11. The number of carbonyl (C=O) groups excluding carboxylic acids is 1. The first kappa shape index (κ1) is 12.8. The number of benzene rings is 1. The van der Waals surface area contributed by atoms with Gasteiger partial charge in [0.1, 0.15) is 17.5 Å². The first-order chi connectivity index (χ1) is 7.95. The molecule has 1 atom stereocenters. The highest BCUT2D eigenvalue weighted by atomic mass is 16.5. The van der Waals surface area contributed by atoms with Crippen molar-refractivity contribution in [1.82, 2.24) is 5.32 Å². The van der Waals surface area contributed by atoms with Crippen LogP contribution in [0.1, 0.15) is 17.3 Å². The number of aliphatic carboxylic acids is 1. The van der Waals surface area contributed by atoms with E-state index in [0.717, 1.165) is 0 Å². The van der Waals surface area contributed by atoms with E-state index in [1.165, 1.54) is 32.2 Å². The number of carbonyl (C=O) groups is 2. The molecule has 0 radical (unpaired) electrons. The van der Waals surface area contributed by atoms with E-state index in [9.17, 15) is 14.7 Å². The predicted octanol–water partition coefficient (Wildman–Crippen LogP) is 0.604. The minimum atomic E-state index is -1.15. The summed E-state index contributed by atoms with van der Waals surface area (Å²) in [5.41, 5.74) is -0.00102. The third-order valence-corrected chi connectivity index (χ3v) is 2.17. The summed E-state index contributed by atoms with van der Waals surface area (Å²) in [5, 5.41) is 20.4. The van der Waals surface area contributed by atoms with Gasteiger partial charge in [-0.15, -0.1) is 0 Å². The number of carboxylic acids is 1. The van der Waals surface area contributed by atoms with Gasteiger partial charge in [0.25, 0.3) is 5.91 Å². The molecule has 0 fully saturated rings. The Kier molecular flexibility index (Phi) is 3.92. The lowest BCUT2D eigenvalue weighted by atomic mass is 10.1. The number of aromatic hydroxyl groups is 1. The normalized spacial score (nSPS) is 11.6. The third-order valence-electron chi connectivity index (χ3n) is 2.17. The van der Waals surface area contributed by atoms with Crippen LogP contribution in [0.15, 0.2) is 18.2 Å². The summed E-state index contributed by atoms with van der Waals surface area (Å²) < 4.78 is 4.86. The average molecular weight is 239 g/mol. The molecule has 0 aliphatic carbocycles. The third kappa shape index (κ3) is 3.10. The molecule has 0 spiro atoms. The predicted molar refractivity (Wildman–Crippen MR) is 59.2 cm³/mol. The second-order valence-electron chi connectivity index (χ2n) is 3.42. The number of carboxylic acid groups (broad SMARTS) is 1. The molecule has 17 heavy (non-hydrogen) atoms. The Hall–Kier alpha value is -2.24. The minimum absolute atomic E-state index is 0.00102. The first-order valence-corrected chi connectivity index (χ1v) is 4.86. The summed E-state index contributed by atoms with van der Waals surface area (Å²) >= 11 is 0. The molecule has 0 aromatic heterocycles. The van der Waals surface area contributed by atoms with Crippen LogP contribution >= 0.6 is 0 Å². The Bertz CT molecular complexity index is 443. The van der Waals surface area contributed by atoms with Crippen molar-refractivity contribution in [3.63, 3.8) is 0 Å². The molecule has 0 saturated carbocycles. The molecule has 0 aliphatic rings. The van der Waals surface area contributed by atoms with Crippen LogP contribution in [0.25, 0.3) is 0 Å². The maximum atomic E-state index is 11.6. The summed E-state index contributed by atoms with van der Waals surface area (Å²) in [6.07, 6.45) is 0. The van der Waals surface area contributed by atoms with Gasteiger partial charge in [-0.05, 0) is 19.1 Å². The van der Waals surface area contributed by atoms with Gasteiger partial charge < -0.3 is 20.3 Å². The molecular weight excluding hydrogens is 226 g/mol. The fourth-order valence-electron chi connectivity index (χ4n) is 1.17. The molecule has 92 valence electrons. The number of phenolic OH excluding ortho intramolecular Hbond substituents is 1. The van der Waals surface area contributed by atoms with Crippen molar-refractivity contribution < 1.29 is 24.5 Å². The molecular formula is C11H13NO5. The summed E-state index contributed by atoms with van der Waals surface area (Å²) in [7, 11) is 1.43. The Morgan fingerprint density at radius 3 is 2.53 bits per heavy atom. The van der Waals surface area contributed by atoms with Crippen LogP contribution in [0.5, 0.6) is 11.5 Å². The van der Waals surface area contributed by atoms with E-state index in [2.05, 4.69) is 5.32 Å². The topological polar surface area (TPSA) is 95.9 Å². The molecule has 1 aromatic rings. The van der Waals surface area contributed by atoms with E-state index in [0.29, 0.717) is 5.75 Å². The maximum absolute atomic E-state index is 11.6. The maximum Gasteiger partial charge on any atom is 0.325 e. The number of rotatable bonds is 4. The number of nitrogens with one attached hydrogen (secondary N) is 1. The largest absolute Gasteiger partial charge is 0.507 e. The average Bonchev–Trinajstić information content (AvgIpc) is 2.28. The fourth-order valence-corrected chi connectivity index (χ4v) is 1.17. The zero-order valence-corrected chi connectivity index (χ0v) is 9.43. The van der Waals surface area contributed by atoms with Crippen LogP contribution in [-0.4, -0.2) is 35.2 Å². The number of hydrogen-bond acceptors (Lipinski definition) is 4. The number of phenols is 1. The van der Waals surface area contributed by atoms with Gasteiger partial charge in [0.2, 0.25) is 0 Å². The Labute approximate surface area is 97.8 Å². The van der Waals surface area contributed by atoms with Gasteiger partial charge in [-0.2, -0.15) is 0 Å². The molecule has 0 aliphatic heterocycles. The highest BCUT2D eigenvalue weighted by Gasteiger charge is 2.17. The minimum Gasteiger partial charge on any atom is -0.507 e. The summed E-state index contributed by atoms with van der Waals surface area (Å²) in [4.78, 5) is 22.2. The summed E-state index contributed by atoms with van der Waals surface area (Å²) in [6.45, 7) is 1.33. The number of ether oxygens (including phenoxy) is 1. The zero-order chi connectivity index (χ0) is 13.0. The molecule has 0 unspecified atom stereocenters. The van der Waals surface area contributed by atoms with Crippen LogP contribution in [0, 0.1) is 0 Å². The van der Waals surface area contributed by atoms with Gasteiger partial charge in [0.05, 0.1) is 12.7 Å². The van der Waals surface area contributed by atoms with E-state index in [1.54, 1.807) is 0 Å². The van der Waals surface area contributed by atoms with Crippen LogP contribution in [-0.2, 0) is 4.79 Å². The van der Waals surface area contributed by atoms with E-state index in [4.69, 9.17) is 9.84 Å². The number of amides is 1. The lowest BCUT2D eigenvalue weighted by molar-refractivity contribution is -0.138. The van der Waals surface area contributed by atoms with Gasteiger partial charge in [0.15, 0.2) is 0 Å². The van der Waals surface area contributed by atoms with E-state index in [1.807, 2.05) is 0 Å². The SMILES string of the molecule is COc1ccc(C(=O)N[C@@H](C)C(=O)O)c(O)c1. The fraction of sp³-hybridized carbons (Fsp3) is 0.273. The van der Waals surface area contributed by atoms with Crippen molar-refractivity contribution in [2.45, 2.75) is 13.0 Å². The van der Waals surface area contributed by atoms with Crippen LogP contribution in [0.4, 0.5) is 0 Å². The number of hydrogen-bond donors (Lipinski definition) is 3. The molecule has 1 aromatic carbocycles. The molecule has 1 rings (SSSR count). The van der Waals surface area contributed by atoms with Crippen LogP contribution in [0.2, 0.25) is 0 Å². The first-order valence-electron chi connectivity index (χ1n) is 4.86. The zero-order valence-electron chi connectivity index (χ0n) is 9.43. The lowest BCUT2D eigenvalue weighted by Crippen LogP contribution is -2.38. The van der Waals surface area contributed by atoms with Gasteiger partial charge in [-0.1, -0.05) is 0 Å². The molecule has 0 heterocycles. The summed E-state index contributed by atoms with van der Waals surface area (Å²) in [5.74, 6) is -1.66. The van der Waals surface area contributed by atoms with Crippen LogP contribution < -0.4 is 10.1 Å². The molecule has 0 saturated heterocycles. The molecule has 6 nitrogen and oxygen atoms in total. The Morgan fingerprint density at radius 2 is 2.06 bits per heavy atom. The Balaban J connectivity index is 2.86. The Morgan fingerprint density at radius 1 is 1.41 bits per heavy atom. The van der Waals surface area contributed by atoms with Crippen molar-refractivity contribution in [1.29, 1.82) is 0 Å². The lowest BCUT2D eigenvalue weighted by Gasteiger charge is -2.10. The highest BCUT2D eigenvalue weighted by molar-refractivity contribution is 5.98. The van der Waals surface area contributed by atoms with Crippen molar-refractivity contribution in [2.75, 3.05) is 7.11 Å². The second kappa shape index (κ2) is 5.20. The standard InChI is InChI=1S/C11H13NO5/c1-6(11(15)16)12-10(14)8-4-3-7(17-2)5-9(8)13/h3-6,13H,1-2H3,(H,12,14)(H,15,16)/t6-/m0/s1. The molecule has 1 amide bonds. The van der Waals surface area contributed by atoms with E-state index < -0.39 is 17.9 Å². The van der Waals surface area contributed by atoms with Crippen molar-refractivity contribution >= 4 is 11.9 Å². The highest BCUT2D eigenvalue weighted by Crippen LogP contribution is 2.23. The quantitative estimate of drug-likeness (QED) is 0.715. The number of methoxy groups -OCH3 is 1. The second-order valence-corrected chi connectivity index (χ2v) is 3.42. The van der Waals surface area contributed by atoms with Crippen molar-refractivity contribution in [3.8, 4) is 11.5 Å². The van der Waals surface area contributed by atoms with Gasteiger partial charge in [-0.25, -0.2) is 0 Å². The van der Waals surface area contributed by atoms with E-state index >= 15 is 0 Å². The van der Waals surface area contributed by atoms with Crippen LogP contribution in [0.3, 0.4) is 0 Å². The van der Waals surface area contributed by atoms with E-state index in [-0.39, 0.29) is 11.3 Å².